The molecule has 7 heteroatoms. The summed E-state index contributed by atoms with van der Waals surface area (Å²) in [5.74, 6) is 2.42. The Labute approximate surface area is 211 Å². The van der Waals surface area contributed by atoms with Crippen LogP contribution in [0.4, 0.5) is 0 Å². The summed E-state index contributed by atoms with van der Waals surface area (Å²) in [6.45, 7) is 11.9. The minimum absolute atomic E-state index is 0. The number of rotatable bonds is 8. The van der Waals surface area contributed by atoms with E-state index in [-0.39, 0.29) is 29.9 Å². The van der Waals surface area contributed by atoms with E-state index >= 15 is 0 Å². The molecule has 2 fully saturated rings. The van der Waals surface area contributed by atoms with Gasteiger partial charge in [0.2, 0.25) is 5.91 Å². The van der Waals surface area contributed by atoms with Gasteiger partial charge in [-0.25, -0.2) is 0 Å². The van der Waals surface area contributed by atoms with Gasteiger partial charge >= 0.3 is 0 Å². The summed E-state index contributed by atoms with van der Waals surface area (Å²) >= 11 is 0. The molecule has 3 rings (SSSR count). The van der Waals surface area contributed by atoms with Crippen LogP contribution in [0.25, 0.3) is 0 Å². The quantitative estimate of drug-likeness (QED) is 0.304. The number of aliphatic imine (C=N–C) groups is 1. The highest BCUT2D eigenvalue weighted by Crippen LogP contribution is 2.22. The molecule has 2 aliphatic heterocycles. The zero-order valence-electron chi connectivity index (χ0n) is 20.1. The summed E-state index contributed by atoms with van der Waals surface area (Å²) in [6.07, 6.45) is 4.50. The third kappa shape index (κ3) is 7.90. The van der Waals surface area contributed by atoms with Gasteiger partial charge in [0.1, 0.15) is 0 Å². The van der Waals surface area contributed by atoms with E-state index in [1.54, 1.807) is 0 Å². The monoisotopic (exact) mass is 555 g/mol. The summed E-state index contributed by atoms with van der Waals surface area (Å²) in [5.41, 5.74) is 1.41. The molecule has 0 spiro atoms. The van der Waals surface area contributed by atoms with Gasteiger partial charge in [-0.3, -0.25) is 9.79 Å². The number of carbonyl (C=O) groups excluding carboxylic acids is 1. The van der Waals surface area contributed by atoms with E-state index in [1.807, 2.05) is 11.9 Å². The van der Waals surface area contributed by atoms with E-state index in [0.29, 0.717) is 18.4 Å². The number of hydrogen-bond acceptors (Lipinski definition) is 3. The van der Waals surface area contributed by atoms with Crippen LogP contribution < -0.4 is 5.32 Å². The van der Waals surface area contributed by atoms with Gasteiger partial charge < -0.3 is 20.0 Å². The fourth-order valence-corrected chi connectivity index (χ4v) is 4.95. The minimum Gasteiger partial charge on any atom is -0.347 e. The maximum Gasteiger partial charge on any atom is 0.241 e. The summed E-state index contributed by atoms with van der Waals surface area (Å²) in [6, 6.07) is 10.7. The number of benzene rings is 1. The van der Waals surface area contributed by atoms with Gasteiger partial charge in [-0.2, -0.15) is 0 Å². The van der Waals surface area contributed by atoms with Crippen molar-refractivity contribution in [2.45, 2.75) is 39.5 Å². The van der Waals surface area contributed by atoms with Crippen LogP contribution in [-0.2, 0) is 11.2 Å². The van der Waals surface area contributed by atoms with Crippen molar-refractivity contribution >= 4 is 35.8 Å². The Balaban J connectivity index is 0.00000363. The molecule has 2 aliphatic rings. The number of likely N-dealkylation sites (tertiary alicyclic amines) is 2. The molecule has 1 atom stereocenters. The lowest BCUT2D eigenvalue weighted by Gasteiger charge is -2.32. The van der Waals surface area contributed by atoms with Gasteiger partial charge in [-0.15, -0.1) is 24.0 Å². The number of nitrogens with one attached hydrogen (secondary N) is 1. The molecule has 6 nitrogen and oxygen atoms in total. The van der Waals surface area contributed by atoms with Crippen molar-refractivity contribution in [3.63, 3.8) is 0 Å². The predicted molar refractivity (Wildman–Crippen MR) is 144 cm³/mol. The second-order valence-corrected chi connectivity index (χ2v) is 9.00. The molecule has 32 heavy (non-hydrogen) atoms. The Morgan fingerprint density at radius 2 is 1.66 bits per heavy atom. The molecule has 0 aromatic heterocycles. The van der Waals surface area contributed by atoms with Crippen LogP contribution in [0, 0.1) is 11.8 Å². The first-order valence-corrected chi connectivity index (χ1v) is 12.1. The largest absolute Gasteiger partial charge is 0.347 e. The van der Waals surface area contributed by atoms with Crippen LogP contribution in [0.2, 0.25) is 0 Å². The van der Waals surface area contributed by atoms with Crippen molar-refractivity contribution in [1.29, 1.82) is 0 Å². The number of carbonyl (C=O) groups is 1. The lowest BCUT2D eigenvalue weighted by molar-refractivity contribution is -0.131. The van der Waals surface area contributed by atoms with E-state index in [0.717, 1.165) is 71.0 Å². The van der Waals surface area contributed by atoms with Crippen LogP contribution in [0.1, 0.15) is 38.7 Å². The lowest BCUT2D eigenvalue weighted by Crippen LogP contribution is -2.47. The maximum absolute atomic E-state index is 12.8. The number of amides is 1. The van der Waals surface area contributed by atoms with Gasteiger partial charge in [-0.05, 0) is 56.2 Å². The SMILES string of the molecule is CCN(CC)CC1CCN(C(=NC)NCC(=O)N2CCC(Cc3ccccc3)CC2)C1.I. The molecule has 2 saturated heterocycles. The van der Waals surface area contributed by atoms with E-state index < -0.39 is 0 Å². The summed E-state index contributed by atoms with van der Waals surface area (Å²) in [7, 11) is 1.82. The normalized spacial score (nSPS) is 19.9. The second-order valence-electron chi connectivity index (χ2n) is 9.00. The third-order valence-corrected chi connectivity index (χ3v) is 6.94. The highest BCUT2D eigenvalue weighted by Gasteiger charge is 2.27. The highest BCUT2D eigenvalue weighted by molar-refractivity contribution is 14.0. The smallest absolute Gasteiger partial charge is 0.241 e. The minimum atomic E-state index is 0. The molecule has 1 amide bonds. The molecular weight excluding hydrogens is 513 g/mol. The average Bonchev–Trinajstić information content (AvgIpc) is 3.27. The molecule has 1 N–H and O–H groups in total. The van der Waals surface area contributed by atoms with Crippen LogP contribution in [0.3, 0.4) is 0 Å². The molecule has 0 saturated carbocycles. The van der Waals surface area contributed by atoms with E-state index in [9.17, 15) is 4.79 Å². The topological polar surface area (TPSA) is 51.2 Å². The summed E-state index contributed by atoms with van der Waals surface area (Å²) < 4.78 is 0. The Bertz CT molecular complexity index is 702. The Morgan fingerprint density at radius 3 is 2.28 bits per heavy atom. The molecule has 1 aromatic carbocycles. The van der Waals surface area contributed by atoms with Crippen molar-refractivity contribution in [1.82, 2.24) is 20.0 Å². The van der Waals surface area contributed by atoms with E-state index in [4.69, 9.17) is 0 Å². The molecule has 180 valence electrons. The van der Waals surface area contributed by atoms with Crippen molar-refractivity contribution in [3.8, 4) is 0 Å². The van der Waals surface area contributed by atoms with Gasteiger partial charge in [0.25, 0.3) is 0 Å². The third-order valence-electron chi connectivity index (χ3n) is 6.94. The molecule has 1 aromatic rings. The fraction of sp³-hybridized carbons (Fsp3) is 0.680. The number of halogens is 1. The number of guanidine groups is 1. The first kappa shape index (κ1) is 26.9. The lowest BCUT2D eigenvalue weighted by atomic mass is 9.90. The number of hydrogen-bond donors (Lipinski definition) is 1. The summed E-state index contributed by atoms with van der Waals surface area (Å²) in [5, 5.41) is 3.33. The maximum atomic E-state index is 12.8. The Morgan fingerprint density at radius 1 is 1.03 bits per heavy atom. The number of nitrogens with zero attached hydrogens (tertiary/aromatic N) is 4. The van der Waals surface area contributed by atoms with Crippen LogP contribution in [0.15, 0.2) is 35.3 Å². The van der Waals surface area contributed by atoms with Crippen LogP contribution in [-0.4, -0.2) is 86.0 Å². The zero-order chi connectivity index (χ0) is 22.1. The fourth-order valence-electron chi connectivity index (χ4n) is 4.95. The van der Waals surface area contributed by atoms with Crippen molar-refractivity contribution in [2.75, 3.05) is 59.4 Å². The van der Waals surface area contributed by atoms with Gasteiger partial charge in [0.15, 0.2) is 5.96 Å². The average molecular weight is 556 g/mol. The van der Waals surface area contributed by atoms with Crippen molar-refractivity contribution in [3.05, 3.63) is 35.9 Å². The molecule has 0 aliphatic carbocycles. The van der Waals surface area contributed by atoms with Crippen LogP contribution >= 0.6 is 24.0 Å². The first-order chi connectivity index (χ1) is 15.1. The first-order valence-electron chi connectivity index (χ1n) is 12.1. The number of piperidine rings is 1. The van der Waals surface area contributed by atoms with Crippen molar-refractivity contribution < 1.29 is 4.79 Å². The van der Waals surface area contributed by atoms with E-state index in [1.165, 1.54) is 12.0 Å². The molecule has 2 heterocycles. The molecule has 0 bridgehead atoms. The zero-order valence-corrected chi connectivity index (χ0v) is 22.5. The Hall–Kier alpha value is -1.35. The second kappa shape index (κ2) is 14.0. The molecular formula is C25H42IN5O. The highest BCUT2D eigenvalue weighted by atomic mass is 127. The standard InChI is InChI=1S/C25H41N5O.HI/c1-4-28(5-2)19-23-13-16-30(20-23)25(26-3)27-18-24(31)29-14-11-22(12-15-29)17-21-9-7-6-8-10-21;/h6-10,22-23H,4-5,11-20H2,1-3H3,(H,26,27);1H. The summed E-state index contributed by atoms with van der Waals surface area (Å²) in [4.78, 5) is 24.0. The van der Waals surface area contributed by atoms with Gasteiger partial charge in [-0.1, -0.05) is 44.2 Å². The molecule has 0 radical (unpaired) electrons. The van der Waals surface area contributed by atoms with Crippen molar-refractivity contribution in [2.24, 2.45) is 16.8 Å². The predicted octanol–water partition coefficient (Wildman–Crippen LogP) is 3.32. The molecule has 1 unspecified atom stereocenters. The van der Waals surface area contributed by atoms with E-state index in [2.05, 4.69) is 64.3 Å². The Kier molecular flexibility index (Phi) is 11.8. The van der Waals surface area contributed by atoms with Gasteiger partial charge in [0, 0.05) is 39.8 Å². The van der Waals surface area contributed by atoms with Gasteiger partial charge in [0.05, 0.1) is 6.54 Å². The van der Waals surface area contributed by atoms with Crippen LogP contribution in [0.5, 0.6) is 0 Å².